The Hall–Kier alpha value is -4.27. The molecular weight excluding hydrogens is 454 g/mol. The zero-order valence-electron chi connectivity index (χ0n) is 19.7. The second-order valence-corrected chi connectivity index (χ2v) is 8.50. The molecule has 0 aliphatic carbocycles. The third kappa shape index (κ3) is 5.19. The summed E-state index contributed by atoms with van der Waals surface area (Å²) >= 11 is 0. The van der Waals surface area contributed by atoms with Crippen molar-refractivity contribution in [2.45, 2.75) is 6.10 Å². The lowest BCUT2D eigenvalue weighted by atomic mass is 10.0. The highest BCUT2D eigenvalue weighted by Crippen LogP contribution is 2.30. The first-order valence-corrected chi connectivity index (χ1v) is 11.8. The number of aliphatic hydroxyl groups is 1. The Kier molecular flexibility index (Phi) is 6.88. The van der Waals surface area contributed by atoms with Gasteiger partial charge in [-0.25, -0.2) is 9.97 Å². The van der Waals surface area contributed by atoms with E-state index in [4.69, 9.17) is 9.72 Å². The van der Waals surface area contributed by atoms with Gasteiger partial charge in [-0.2, -0.15) is 0 Å². The number of para-hydroxylation sites is 1. The molecule has 1 saturated heterocycles. The van der Waals surface area contributed by atoms with Gasteiger partial charge in [0.25, 0.3) is 0 Å². The molecule has 1 atom stereocenters. The molecule has 2 heterocycles. The maximum absolute atomic E-state index is 11.7. The molecule has 0 radical (unpaired) electrons. The van der Waals surface area contributed by atoms with Gasteiger partial charge >= 0.3 is 0 Å². The summed E-state index contributed by atoms with van der Waals surface area (Å²) in [6, 6.07) is 21.6. The normalized spacial score (nSPS) is 15.5. The second-order valence-electron chi connectivity index (χ2n) is 8.50. The van der Waals surface area contributed by atoms with Crippen molar-refractivity contribution < 1.29 is 14.6 Å². The summed E-state index contributed by atoms with van der Waals surface area (Å²) in [6.07, 6.45) is 2.89. The number of hydrogen-bond acceptors (Lipinski definition) is 7. The lowest BCUT2D eigenvalue weighted by Crippen LogP contribution is -2.44. The average Bonchev–Trinajstić information content (AvgIpc) is 2.93. The van der Waals surface area contributed by atoms with Crippen LogP contribution < -0.4 is 15.5 Å². The van der Waals surface area contributed by atoms with Gasteiger partial charge in [0, 0.05) is 47.3 Å². The van der Waals surface area contributed by atoms with Gasteiger partial charge in [0.2, 0.25) is 11.9 Å². The number of rotatable bonds is 7. The SMILES string of the molecule is C=CC(=O)Nc1cccc(-c2cccc3cnc(Nc4ccc(N5CCO[C@H](CO)C5)cc4)nc23)c1. The van der Waals surface area contributed by atoms with Crippen LogP contribution in [0.25, 0.3) is 22.0 Å². The summed E-state index contributed by atoms with van der Waals surface area (Å²) < 4.78 is 5.54. The molecule has 36 heavy (non-hydrogen) atoms. The molecule has 8 nitrogen and oxygen atoms in total. The summed E-state index contributed by atoms with van der Waals surface area (Å²) in [4.78, 5) is 23.2. The number of hydrogen-bond donors (Lipinski definition) is 3. The van der Waals surface area contributed by atoms with E-state index >= 15 is 0 Å². The largest absolute Gasteiger partial charge is 0.394 e. The van der Waals surface area contributed by atoms with E-state index in [9.17, 15) is 9.90 Å². The van der Waals surface area contributed by atoms with Crippen LogP contribution in [0.2, 0.25) is 0 Å². The van der Waals surface area contributed by atoms with Crippen molar-refractivity contribution in [1.29, 1.82) is 0 Å². The Balaban J connectivity index is 1.38. The van der Waals surface area contributed by atoms with Crippen LogP contribution in [0.5, 0.6) is 0 Å². The van der Waals surface area contributed by atoms with E-state index < -0.39 is 0 Å². The van der Waals surface area contributed by atoms with E-state index in [1.807, 2.05) is 66.7 Å². The fourth-order valence-corrected chi connectivity index (χ4v) is 4.26. The molecule has 1 aliphatic heterocycles. The number of fused-ring (bicyclic) bond motifs is 1. The second kappa shape index (κ2) is 10.6. The highest BCUT2D eigenvalue weighted by Gasteiger charge is 2.20. The summed E-state index contributed by atoms with van der Waals surface area (Å²) in [6.45, 7) is 5.58. The van der Waals surface area contributed by atoms with Crippen LogP contribution in [0.3, 0.4) is 0 Å². The molecule has 0 bridgehead atoms. The minimum atomic E-state index is -0.258. The number of aliphatic hydroxyl groups excluding tert-OH is 1. The summed E-state index contributed by atoms with van der Waals surface area (Å²) in [5, 5.41) is 16.4. The predicted molar refractivity (Wildman–Crippen MR) is 143 cm³/mol. The van der Waals surface area contributed by atoms with E-state index in [1.54, 1.807) is 6.20 Å². The Morgan fingerprint density at radius 3 is 2.78 bits per heavy atom. The number of nitrogens with zero attached hydrogens (tertiary/aromatic N) is 3. The minimum Gasteiger partial charge on any atom is -0.394 e. The standard InChI is InChI=1S/C28H27N5O3/c1-2-26(35)30-22-7-3-5-19(15-22)25-8-4-6-20-16-29-28(32-27(20)25)31-21-9-11-23(12-10-21)33-13-14-36-24(17-33)18-34/h2-12,15-16,24,34H,1,13-14,17-18H2,(H,30,35)(H,29,31,32)/t24-/m0/s1. The van der Waals surface area contributed by atoms with Gasteiger partial charge < -0.3 is 25.4 Å². The topological polar surface area (TPSA) is 99.6 Å². The van der Waals surface area contributed by atoms with Crippen LogP contribution >= 0.6 is 0 Å². The number of morpholine rings is 1. The average molecular weight is 482 g/mol. The molecule has 8 heteroatoms. The van der Waals surface area contributed by atoms with Gasteiger partial charge in [0.15, 0.2) is 0 Å². The fourth-order valence-electron chi connectivity index (χ4n) is 4.26. The van der Waals surface area contributed by atoms with Crippen molar-refractivity contribution in [3.8, 4) is 11.1 Å². The molecular formula is C28H27N5O3. The van der Waals surface area contributed by atoms with Crippen molar-refractivity contribution in [3.63, 3.8) is 0 Å². The van der Waals surface area contributed by atoms with Gasteiger partial charge in [-0.3, -0.25) is 4.79 Å². The van der Waals surface area contributed by atoms with E-state index in [1.165, 1.54) is 6.08 Å². The first-order chi connectivity index (χ1) is 17.6. The first kappa shape index (κ1) is 23.5. The Bertz CT molecular complexity index is 1390. The van der Waals surface area contributed by atoms with Crippen LogP contribution in [0, 0.1) is 0 Å². The van der Waals surface area contributed by atoms with E-state index in [-0.39, 0.29) is 18.6 Å². The molecule has 3 aromatic carbocycles. The van der Waals surface area contributed by atoms with Crippen LogP contribution in [-0.4, -0.2) is 53.4 Å². The lowest BCUT2D eigenvalue weighted by molar-refractivity contribution is -0.111. The fraction of sp³-hybridized carbons (Fsp3) is 0.179. The molecule has 1 amide bonds. The predicted octanol–water partition coefficient (Wildman–Crippen LogP) is 4.36. The zero-order valence-corrected chi connectivity index (χ0v) is 19.7. The molecule has 0 saturated carbocycles. The summed E-state index contributed by atoms with van der Waals surface area (Å²) in [5.41, 5.74) is 5.32. The smallest absolute Gasteiger partial charge is 0.247 e. The van der Waals surface area contributed by atoms with Crippen LogP contribution in [0.4, 0.5) is 23.0 Å². The molecule has 1 aliphatic rings. The first-order valence-electron chi connectivity index (χ1n) is 11.8. The molecule has 3 N–H and O–H groups in total. The molecule has 0 unspecified atom stereocenters. The Morgan fingerprint density at radius 1 is 1.14 bits per heavy atom. The quantitative estimate of drug-likeness (QED) is 0.337. The Morgan fingerprint density at radius 2 is 1.97 bits per heavy atom. The number of amides is 1. The van der Waals surface area contributed by atoms with Gasteiger partial charge in [-0.15, -0.1) is 0 Å². The van der Waals surface area contributed by atoms with Crippen molar-refractivity contribution in [2.24, 2.45) is 0 Å². The zero-order chi connectivity index (χ0) is 24.9. The highest BCUT2D eigenvalue weighted by molar-refractivity contribution is 6.00. The number of ether oxygens (including phenoxy) is 1. The number of aromatic nitrogens is 2. The van der Waals surface area contributed by atoms with Crippen LogP contribution in [0.1, 0.15) is 0 Å². The van der Waals surface area contributed by atoms with Crippen molar-refractivity contribution >= 4 is 39.8 Å². The third-order valence-electron chi connectivity index (χ3n) is 6.07. The molecule has 1 fully saturated rings. The monoisotopic (exact) mass is 481 g/mol. The summed E-state index contributed by atoms with van der Waals surface area (Å²) in [5.74, 6) is 0.234. The number of carbonyl (C=O) groups is 1. The number of anilines is 4. The van der Waals surface area contributed by atoms with Gasteiger partial charge in [0.1, 0.15) is 0 Å². The Labute approximate surface area is 209 Å². The van der Waals surface area contributed by atoms with Gasteiger partial charge in [0.05, 0.1) is 24.8 Å². The number of carbonyl (C=O) groups excluding carboxylic acids is 1. The number of benzene rings is 3. The molecule has 182 valence electrons. The maximum Gasteiger partial charge on any atom is 0.247 e. The van der Waals surface area contributed by atoms with Crippen LogP contribution in [0.15, 0.2) is 85.6 Å². The minimum absolute atomic E-state index is 0.0190. The maximum atomic E-state index is 11.7. The van der Waals surface area contributed by atoms with E-state index in [0.29, 0.717) is 24.8 Å². The summed E-state index contributed by atoms with van der Waals surface area (Å²) in [7, 11) is 0. The molecule has 5 rings (SSSR count). The lowest BCUT2D eigenvalue weighted by Gasteiger charge is -2.33. The molecule has 4 aromatic rings. The highest BCUT2D eigenvalue weighted by atomic mass is 16.5. The van der Waals surface area contributed by atoms with Crippen LogP contribution in [-0.2, 0) is 9.53 Å². The molecule has 0 spiro atoms. The van der Waals surface area contributed by atoms with Crippen molar-refractivity contribution in [2.75, 3.05) is 41.8 Å². The van der Waals surface area contributed by atoms with Gasteiger partial charge in [-0.05, 0) is 48.0 Å². The van der Waals surface area contributed by atoms with Crippen molar-refractivity contribution in [1.82, 2.24) is 9.97 Å². The van der Waals surface area contributed by atoms with E-state index in [2.05, 4.69) is 27.1 Å². The van der Waals surface area contributed by atoms with Crippen molar-refractivity contribution in [3.05, 3.63) is 85.6 Å². The van der Waals surface area contributed by atoms with Gasteiger partial charge in [-0.1, -0.05) is 36.9 Å². The molecule has 1 aromatic heterocycles. The van der Waals surface area contributed by atoms with E-state index in [0.717, 1.165) is 39.9 Å². The third-order valence-corrected chi connectivity index (χ3v) is 6.07. The number of nitrogens with one attached hydrogen (secondary N) is 2.